The van der Waals surface area contributed by atoms with Crippen molar-refractivity contribution >= 4 is 11.3 Å². The van der Waals surface area contributed by atoms with Crippen LogP contribution in [0.25, 0.3) is 28.2 Å². The van der Waals surface area contributed by atoms with Crippen molar-refractivity contribution in [2.24, 2.45) is 7.05 Å². The van der Waals surface area contributed by atoms with Gasteiger partial charge in [-0.1, -0.05) is 12.1 Å². The van der Waals surface area contributed by atoms with E-state index in [2.05, 4.69) is 20.1 Å². The van der Waals surface area contributed by atoms with E-state index in [1.807, 2.05) is 6.92 Å². The molecule has 0 bridgehead atoms. The maximum atomic E-state index is 13.1. The van der Waals surface area contributed by atoms with Gasteiger partial charge in [-0.2, -0.15) is 23.4 Å². The highest BCUT2D eigenvalue weighted by atomic mass is 19.4. The van der Waals surface area contributed by atoms with Crippen molar-refractivity contribution in [2.75, 3.05) is 18.0 Å². The van der Waals surface area contributed by atoms with E-state index in [1.54, 1.807) is 23.2 Å². The molecule has 0 unspecified atom stereocenters. The van der Waals surface area contributed by atoms with Crippen molar-refractivity contribution < 1.29 is 18.3 Å². The van der Waals surface area contributed by atoms with Gasteiger partial charge >= 0.3 is 6.18 Å². The number of anilines is 1. The summed E-state index contributed by atoms with van der Waals surface area (Å²) in [7, 11) is 1.74. The summed E-state index contributed by atoms with van der Waals surface area (Å²) < 4.78 is 42.6. The third kappa shape index (κ3) is 3.60. The first-order valence-corrected chi connectivity index (χ1v) is 11.0. The summed E-state index contributed by atoms with van der Waals surface area (Å²) >= 11 is 0. The van der Waals surface area contributed by atoms with Gasteiger partial charge in [-0.15, -0.1) is 0 Å². The zero-order chi connectivity index (χ0) is 24.2. The number of alkyl halides is 3. The number of aromatic nitrogens is 6. The van der Waals surface area contributed by atoms with E-state index in [9.17, 15) is 18.3 Å². The predicted molar refractivity (Wildman–Crippen MR) is 120 cm³/mol. The second-order valence-corrected chi connectivity index (χ2v) is 8.49. The molecular weight excluding hydrogens is 447 g/mol. The molecule has 0 atom stereocenters. The van der Waals surface area contributed by atoms with Crippen LogP contribution in [-0.2, 0) is 19.8 Å². The Balaban J connectivity index is 1.74. The number of hydrogen-bond acceptors (Lipinski definition) is 6. The molecule has 0 radical (unpaired) electrons. The molecule has 1 N–H and O–H groups in total. The Morgan fingerprint density at radius 3 is 2.29 bits per heavy atom. The summed E-state index contributed by atoms with van der Waals surface area (Å²) in [5.41, 5.74) is 2.82. The Labute approximate surface area is 193 Å². The highest BCUT2D eigenvalue weighted by Crippen LogP contribution is 2.38. The molecule has 4 aromatic rings. The summed E-state index contributed by atoms with van der Waals surface area (Å²) in [6.45, 7) is 5.04. The van der Waals surface area contributed by atoms with Gasteiger partial charge < -0.3 is 10.0 Å². The molecule has 1 aromatic carbocycles. The Morgan fingerprint density at radius 1 is 1.00 bits per heavy atom. The van der Waals surface area contributed by atoms with E-state index in [0.29, 0.717) is 45.4 Å². The lowest BCUT2D eigenvalue weighted by Crippen LogP contribution is -2.21. The van der Waals surface area contributed by atoms with Crippen molar-refractivity contribution in [1.29, 1.82) is 0 Å². The molecule has 1 saturated heterocycles. The van der Waals surface area contributed by atoms with Crippen LogP contribution in [0, 0.1) is 13.8 Å². The summed E-state index contributed by atoms with van der Waals surface area (Å²) in [4.78, 5) is 11.5. The number of nitrogens with zero attached hydrogens (tertiary/aromatic N) is 7. The summed E-state index contributed by atoms with van der Waals surface area (Å²) in [5.74, 6) is 1.74. The standard InChI is InChI=1S/C23H24F3N7O/c1-13-18(19(31(3)29-13)15-6-8-16(9-7-15)23(24,25)26)21-28-17(12-34)20-22(32-10-4-5-11-32)27-14(2)30-33(20)21/h6-9,34H,4-5,10-12H2,1-3H3. The van der Waals surface area contributed by atoms with Crippen molar-refractivity contribution in [3.63, 3.8) is 0 Å². The van der Waals surface area contributed by atoms with Crippen molar-refractivity contribution in [3.05, 3.63) is 47.0 Å². The first kappa shape index (κ1) is 22.3. The van der Waals surface area contributed by atoms with Gasteiger partial charge in [0.15, 0.2) is 11.6 Å². The number of aliphatic hydroxyl groups is 1. The number of aliphatic hydroxyl groups excluding tert-OH is 1. The Bertz CT molecular complexity index is 1370. The van der Waals surface area contributed by atoms with Gasteiger partial charge in [-0.3, -0.25) is 4.68 Å². The quantitative estimate of drug-likeness (QED) is 0.486. The lowest BCUT2D eigenvalue weighted by Gasteiger charge is -2.18. The highest BCUT2D eigenvalue weighted by Gasteiger charge is 2.31. The topological polar surface area (TPSA) is 84.4 Å². The van der Waals surface area contributed by atoms with E-state index < -0.39 is 11.7 Å². The number of rotatable bonds is 4. The third-order valence-electron chi connectivity index (χ3n) is 6.14. The van der Waals surface area contributed by atoms with Crippen LogP contribution in [0.5, 0.6) is 0 Å². The van der Waals surface area contributed by atoms with Gasteiger partial charge in [-0.25, -0.2) is 14.5 Å². The van der Waals surface area contributed by atoms with Gasteiger partial charge in [-0.05, 0) is 38.8 Å². The fourth-order valence-corrected chi connectivity index (χ4v) is 4.65. The van der Waals surface area contributed by atoms with Gasteiger partial charge in [0.1, 0.15) is 11.3 Å². The lowest BCUT2D eigenvalue weighted by atomic mass is 10.0. The molecule has 0 spiro atoms. The van der Waals surface area contributed by atoms with E-state index in [1.165, 1.54) is 12.1 Å². The Hall–Kier alpha value is -3.47. The fraction of sp³-hybridized carbons (Fsp3) is 0.391. The first-order chi connectivity index (χ1) is 16.2. The molecular formula is C23H24F3N7O. The second kappa shape index (κ2) is 8.08. The van der Waals surface area contributed by atoms with Crippen molar-refractivity contribution in [1.82, 2.24) is 29.4 Å². The molecule has 8 nitrogen and oxygen atoms in total. The molecule has 1 aliphatic heterocycles. The van der Waals surface area contributed by atoms with Crippen LogP contribution in [0.3, 0.4) is 0 Å². The second-order valence-electron chi connectivity index (χ2n) is 8.49. The van der Waals surface area contributed by atoms with Crippen LogP contribution in [-0.4, -0.2) is 47.6 Å². The molecule has 0 aliphatic carbocycles. The van der Waals surface area contributed by atoms with Crippen molar-refractivity contribution in [2.45, 2.75) is 39.5 Å². The Morgan fingerprint density at radius 2 is 1.68 bits per heavy atom. The van der Waals surface area contributed by atoms with E-state index in [-0.39, 0.29) is 6.61 Å². The third-order valence-corrected chi connectivity index (χ3v) is 6.14. The number of aryl methyl sites for hydroxylation is 3. The number of hydrogen-bond donors (Lipinski definition) is 1. The van der Waals surface area contributed by atoms with Gasteiger partial charge in [0.2, 0.25) is 0 Å². The molecule has 178 valence electrons. The number of halogens is 3. The van der Waals surface area contributed by atoms with Gasteiger partial charge in [0.05, 0.1) is 34.8 Å². The maximum absolute atomic E-state index is 13.1. The SMILES string of the molecule is Cc1nc(N2CCCC2)c2c(CO)nc(-c3c(C)nn(C)c3-c3ccc(C(F)(F)F)cc3)n2n1. The first-order valence-electron chi connectivity index (χ1n) is 11.0. The molecule has 5 rings (SSSR count). The van der Waals surface area contributed by atoms with Crippen LogP contribution in [0.1, 0.15) is 35.6 Å². The molecule has 11 heteroatoms. The molecule has 0 saturated carbocycles. The van der Waals surface area contributed by atoms with Crippen molar-refractivity contribution in [3.8, 4) is 22.6 Å². The summed E-state index contributed by atoms with van der Waals surface area (Å²) in [6, 6.07) is 4.98. The van der Waals surface area contributed by atoms with Gasteiger partial charge in [0, 0.05) is 25.7 Å². The fourth-order valence-electron chi connectivity index (χ4n) is 4.65. The smallest absolute Gasteiger partial charge is 0.390 e. The molecule has 0 amide bonds. The van der Waals surface area contributed by atoms with Crippen LogP contribution in [0.15, 0.2) is 24.3 Å². The van der Waals surface area contributed by atoms with E-state index >= 15 is 0 Å². The van der Waals surface area contributed by atoms with E-state index in [4.69, 9.17) is 4.98 Å². The average Bonchev–Trinajstić information content (AvgIpc) is 3.50. The minimum atomic E-state index is -4.42. The Kier molecular flexibility index (Phi) is 5.31. The van der Waals surface area contributed by atoms with Crippen LogP contribution in [0.2, 0.25) is 0 Å². The van der Waals surface area contributed by atoms with Crippen LogP contribution >= 0.6 is 0 Å². The van der Waals surface area contributed by atoms with Crippen LogP contribution in [0.4, 0.5) is 19.0 Å². The molecule has 3 aromatic heterocycles. The minimum absolute atomic E-state index is 0.300. The average molecular weight is 471 g/mol. The van der Waals surface area contributed by atoms with E-state index in [0.717, 1.165) is 43.9 Å². The summed E-state index contributed by atoms with van der Waals surface area (Å²) in [5, 5.41) is 19.3. The molecule has 4 heterocycles. The zero-order valence-electron chi connectivity index (χ0n) is 19.1. The number of benzene rings is 1. The zero-order valence-corrected chi connectivity index (χ0v) is 19.1. The van der Waals surface area contributed by atoms with Crippen LogP contribution < -0.4 is 4.90 Å². The number of imidazole rings is 1. The monoisotopic (exact) mass is 471 g/mol. The van der Waals surface area contributed by atoms with Gasteiger partial charge in [0.25, 0.3) is 0 Å². The largest absolute Gasteiger partial charge is 0.416 e. The highest BCUT2D eigenvalue weighted by molar-refractivity contribution is 5.84. The minimum Gasteiger partial charge on any atom is -0.390 e. The molecule has 1 fully saturated rings. The molecule has 34 heavy (non-hydrogen) atoms. The molecule has 1 aliphatic rings. The summed E-state index contributed by atoms with van der Waals surface area (Å²) in [6.07, 6.45) is -2.30. The maximum Gasteiger partial charge on any atom is 0.416 e. The number of fused-ring (bicyclic) bond motifs is 1. The normalized spacial score (nSPS) is 14.5. The predicted octanol–water partition coefficient (Wildman–Crippen LogP) is 3.92. The lowest BCUT2D eigenvalue weighted by molar-refractivity contribution is -0.137.